The number of aromatic nitrogens is 2. The zero-order valence-corrected chi connectivity index (χ0v) is 15.5. The molecule has 1 aromatic carbocycles. The number of hydrogen-bond acceptors (Lipinski definition) is 7. The largest absolute Gasteiger partial charge is 0.337 e. The highest BCUT2D eigenvalue weighted by Crippen LogP contribution is 2.23. The van der Waals surface area contributed by atoms with Crippen molar-refractivity contribution in [3.05, 3.63) is 34.2 Å². The van der Waals surface area contributed by atoms with E-state index in [1.54, 1.807) is 0 Å². The smallest absolute Gasteiger partial charge is 0.320 e. The molecule has 26 heavy (non-hydrogen) atoms. The van der Waals surface area contributed by atoms with Gasteiger partial charge in [-0.25, -0.2) is 18.8 Å². The Labute approximate surface area is 156 Å². The summed E-state index contributed by atoms with van der Waals surface area (Å²) in [4.78, 5) is 17.9. The van der Waals surface area contributed by atoms with Gasteiger partial charge in [-0.15, -0.1) is 0 Å². The molecule has 0 aliphatic carbocycles. The van der Waals surface area contributed by atoms with Crippen LogP contribution in [-0.4, -0.2) is 59.5 Å². The van der Waals surface area contributed by atoms with Gasteiger partial charge in [0.05, 0.1) is 10.2 Å². The van der Waals surface area contributed by atoms with Gasteiger partial charge in [0.15, 0.2) is 11.5 Å². The molecular weight excluding hydrogens is 413 g/mol. The lowest BCUT2D eigenvalue weighted by Crippen LogP contribution is -2.35. The third-order valence-corrected chi connectivity index (χ3v) is 3.65. The summed E-state index contributed by atoms with van der Waals surface area (Å²) in [6.07, 6.45) is 0. The zero-order valence-electron chi connectivity index (χ0n) is 14.0. The van der Waals surface area contributed by atoms with Crippen molar-refractivity contribution in [2.75, 3.05) is 32.5 Å². The number of amidine groups is 1. The third-order valence-electron chi connectivity index (χ3n) is 3.04. The summed E-state index contributed by atoms with van der Waals surface area (Å²) in [7, 11) is 3.76. The number of hydrogen-bond donors (Lipinski definition) is 4. The SMILES string of the molecule is CN(C)CCNC(=O)Nc1nonc1C(=Nc1ccc(F)c(Br)c1)NO. The molecule has 0 atom stereocenters. The number of carbonyl (C=O) groups excluding carboxylic acids is 1. The normalized spacial score (nSPS) is 11.5. The van der Waals surface area contributed by atoms with E-state index in [1.807, 2.05) is 24.5 Å². The van der Waals surface area contributed by atoms with Crippen molar-refractivity contribution in [3.63, 3.8) is 0 Å². The van der Waals surface area contributed by atoms with E-state index in [1.165, 1.54) is 18.2 Å². The van der Waals surface area contributed by atoms with Gasteiger partial charge < -0.3 is 10.2 Å². The van der Waals surface area contributed by atoms with Crippen LogP contribution in [-0.2, 0) is 0 Å². The number of amides is 2. The standard InChI is InChI=1S/C14H17BrFN7O3/c1-23(2)6-5-17-14(24)19-13-11(21-26-22-13)12(20-25)18-8-3-4-10(16)9(15)7-8/h3-4,7,25H,5-6H2,1-2H3,(H,18,20)(H2,17,19,22,24). The number of hydroxylamine groups is 1. The van der Waals surface area contributed by atoms with Crippen LogP contribution in [0.4, 0.5) is 20.7 Å². The van der Waals surface area contributed by atoms with Crippen LogP contribution < -0.4 is 16.1 Å². The maximum Gasteiger partial charge on any atom is 0.320 e. The minimum absolute atomic E-state index is 0.0318. The van der Waals surface area contributed by atoms with Gasteiger partial charge in [-0.1, -0.05) is 0 Å². The lowest BCUT2D eigenvalue weighted by Gasteiger charge is -2.10. The molecule has 1 heterocycles. The molecule has 10 nitrogen and oxygen atoms in total. The average molecular weight is 430 g/mol. The van der Waals surface area contributed by atoms with E-state index in [2.05, 4.69) is 46.5 Å². The number of rotatable bonds is 6. The zero-order chi connectivity index (χ0) is 19.1. The molecule has 0 bridgehead atoms. The number of likely N-dealkylation sites (N-methyl/N-ethyl adjacent to an activating group) is 1. The number of nitrogens with zero attached hydrogens (tertiary/aromatic N) is 4. The van der Waals surface area contributed by atoms with Gasteiger partial charge in [-0.3, -0.25) is 16.0 Å². The molecule has 4 N–H and O–H groups in total. The summed E-state index contributed by atoms with van der Waals surface area (Å²) in [6, 6.07) is 3.48. The van der Waals surface area contributed by atoms with Gasteiger partial charge in [0.25, 0.3) is 0 Å². The van der Waals surface area contributed by atoms with Gasteiger partial charge >= 0.3 is 6.03 Å². The maximum atomic E-state index is 13.3. The first kappa shape index (κ1) is 19.8. The lowest BCUT2D eigenvalue weighted by molar-refractivity contribution is 0.234. The van der Waals surface area contributed by atoms with Crippen molar-refractivity contribution >= 4 is 39.3 Å². The Morgan fingerprint density at radius 2 is 2.19 bits per heavy atom. The molecule has 140 valence electrons. The fourth-order valence-electron chi connectivity index (χ4n) is 1.79. The summed E-state index contributed by atoms with van der Waals surface area (Å²) in [5.74, 6) is -0.649. The highest BCUT2D eigenvalue weighted by Gasteiger charge is 2.18. The predicted octanol–water partition coefficient (Wildman–Crippen LogP) is 1.71. The van der Waals surface area contributed by atoms with Crippen LogP contribution in [0.1, 0.15) is 5.69 Å². The Hall–Kier alpha value is -2.57. The van der Waals surface area contributed by atoms with E-state index in [9.17, 15) is 14.4 Å². The number of carbonyl (C=O) groups is 1. The van der Waals surface area contributed by atoms with Gasteiger partial charge in [-0.2, -0.15) is 0 Å². The van der Waals surface area contributed by atoms with E-state index in [0.717, 1.165) is 0 Å². The highest BCUT2D eigenvalue weighted by atomic mass is 79.9. The number of benzene rings is 1. The molecule has 2 aromatic rings. The fraction of sp³-hybridized carbons (Fsp3) is 0.286. The summed E-state index contributed by atoms with van der Waals surface area (Å²) < 4.78 is 18.1. The summed E-state index contributed by atoms with van der Waals surface area (Å²) >= 11 is 3.05. The second kappa shape index (κ2) is 9.22. The van der Waals surface area contributed by atoms with E-state index in [4.69, 9.17) is 0 Å². The van der Waals surface area contributed by atoms with Crippen molar-refractivity contribution in [3.8, 4) is 0 Å². The van der Waals surface area contributed by atoms with Gasteiger partial charge in [0, 0.05) is 13.1 Å². The molecule has 0 fully saturated rings. The van der Waals surface area contributed by atoms with Crippen LogP contribution in [0.5, 0.6) is 0 Å². The average Bonchev–Trinajstić information content (AvgIpc) is 3.03. The van der Waals surface area contributed by atoms with Crippen LogP contribution >= 0.6 is 15.9 Å². The molecular formula is C14H17BrFN7O3. The van der Waals surface area contributed by atoms with Crippen LogP contribution in [0.3, 0.4) is 0 Å². The first-order valence-corrected chi connectivity index (χ1v) is 8.16. The second-order valence-corrected chi connectivity index (χ2v) is 6.17. The van der Waals surface area contributed by atoms with Crippen LogP contribution in [0.15, 0.2) is 32.3 Å². The first-order chi connectivity index (χ1) is 12.4. The Kier molecular flexibility index (Phi) is 7.00. The molecule has 0 saturated heterocycles. The minimum atomic E-state index is -0.523. The molecule has 0 radical (unpaired) electrons. The Balaban J connectivity index is 2.14. The molecule has 0 unspecified atom stereocenters. The lowest BCUT2D eigenvalue weighted by atomic mass is 10.3. The van der Waals surface area contributed by atoms with Gasteiger partial charge in [0.1, 0.15) is 5.82 Å². The predicted molar refractivity (Wildman–Crippen MR) is 95.1 cm³/mol. The summed E-state index contributed by atoms with van der Waals surface area (Å²) in [5, 5.41) is 21.6. The van der Waals surface area contributed by atoms with Crippen molar-refractivity contribution < 1.29 is 19.0 Å². The molecule has 2 rings (SSSR count). The first-order valence-electron chi connectivity index (χ1n) is 7.37. The molecule has 12 heteroatoms. The highest BCUT2D eigenvalue weighted by molar-refractivity contribution is 9.10. The summed E-state index contributed by atoms with van der Waals surface area (Å²) in [5.41, 5.74) is 2.15. The third kappa shape index (κ3) is 5.47. The Morgan fingerprint density at radius 1 is 1.42 bits per heavy atom. The molecule has 1 aromatic heterocycles. The van der Waals surface area contributed by atoms with Crippen LogP contribution in [0, 0.1) is 5.82 Å². The van der Waals surface area contributed by atoms with Gasteiger partial charge in [-0.05, 0) is 58.5 Å². The van der Waals surface area contributed by atoms with E-state index >= 15 is 0 Å². The second-order valence-electron chi connectivity index (χ2n) is 5.32. The van der Waals surface area contributed by atoms with Crippen molar-refractivity contribution in [2.24, 2.45) is 4.99 Å². The topological polar surface area (TPSA) is 128 Å². The van der Waals surface area contributed by atoms with Crippen LogP contribution in [0.2, 0.25) is 0 Å². The number of urea groups is 1. The molecule has 0 aliphatic rings. The Bertz CT molecular complexity index is 797. The number of nitrogens with one attached hydrogen (secondary N) is 3. The summed E-state index contributed by atoms with van der Waals surface area (Å²) in [6.45, 7) is 1.07. The number of aliphatic imine (C=N–C) groups is 1. The van der Waals surface area contributed by atoms with Crippen molar-refractivity contribution in [1.29, 1.82) is 0 Å². The maximum absolute atomic E-state index is 13.3. The van der Waals surface area contributed by atoms with E-state index in [-0.39, 0.29) is 21.8 Å². The minimum Gasteiger partial charge on any atom is -0.337 e. The molecule has 0 spiro atoms. The molecule has 2 amide bonds. The fourth-order valence-corrected chi connectivity index (χ4v) is 2.15. The molecule has 0 aliphatic heterocycles. The quantitative estimate of drug-likeness (QED) is 0.312. The van der Waals surface area contributed by atoms with Gasteiger partial charge in [0.2, 0.25) is 5.82 Å². The van der Waals surface area contributed by atoms with Crippen molar-refractivity contribution in [1.82, 2.24) is 26.0 Å². The Morgan fingerprint density at radius 3 is 2.85 bits per heavy atom. The van der Waals surface area contributed by atoms with E-state index < -0.39 is 11.8 Å². The number of anilines is 1. The van der Waals surface area contributed by atoms with Crippen molar-refractivity contribution in [2.45, 2.75) is 0 Å². The monoisotopic (exact) mass is 429 g/mol. The molecule has 0 saturated carbocycles. The van der Waals surface area contributed by atoms with E-state index in [0.29, 0.717) is 18.8 Å². The van der Waals surface area contributed by atoms with Crippen LogP contribution in [0.25, 0.3) is 0 Å². The number of halogens is 2.